The zero-order valence-corrected chi connectivity index (χ0v) is 15.5. The van der Waals surface area contributed by atoms with Crippen LogP contribution < -0.4 is 10.6 Å². The van der Waals surface area contributed by atoms with Crippen LogP contribution in [0, 0.1) is 0 Å². The first-order valence-electron chi connectivity index (χ1n) is 6.87. The first-order valence-corrected chi connectivity index (χ1v) is 7.25. The molecule has 0 fully saturated rings. The monoisotopic (exact) mass is 430 g/mol. The molecule has 0 bridgehead atoms. The molecule has 1 aromatic carbocycles. The maximum absolute atomic E-state index is 6.13. The number of benzene rings is 1. The Bertz CT molecular complexity index is 590. The number of halogens is 2. The standard InChI is InChI=1S/C16H19ClN4.HI/c1-18-16(21-12-14-7-4-5-10-19-14)20-11-9-13-6-2-3-8-15(13)17;/h2-8,10H,9,11-12H2,1H3,(H2,18,20,21);1H. The van der Waals surface area contributed by atoms with E-state index in [9.17, 15) is 0 Å². The van der Waals surface area contributed by atoms with Crippen molar-refractivity contribution in [1.29, 1.82) is 0 Å². The molecule has 2 rings (SSSR count). The van der Waals surface area contributed by atoms with Gasteiger partial charge in [-0.25, -0.2) is 0 Å². The minimum absolute atomic E-state index is 0. The van der Waals surface area contributed by atoms with E-state index in [0.717, 1.165) is 35.2 Å². The van der Waals surface area contributed by atoms with Crippen molar-refractivity contribution in [3.8, 4) is 0 Å². The Kier molecular flexibility index (Phi) is 8.84. The number of aromatic nitrogens is 1. The molecule has 0 unspecified atom stereocenters. The number of aliphatic imine (C=N–C) groups is 1. The number of hydrogen-bond acceptors (Lipinski definition) is 2. The fourth-order valence-electron chi connectivity index (χ4n) is 1.91. The molecule has 0 aliphatic rings. The van der Waals surface area contributed by atoms with E-state index < -0.39 is 0 Å². The van der Waals surface area contributed by atoms with Gasteiger partial charge in [-0.15, -0.1) is 24.0 Å². The Morgan fingerprint density at radius 1 is 1.14 bits per heavy atom. The Morgan fingerprint density at radius 2 is 1.91 bits per heavy atom. The number of hydrogen-bond donors (Lipinski definition) is 2. The molecule has 4 nitrogen and oxygen atoms in total. The normalized spacial score (nSPS) is 10.7. The Labute approximate surface area is 153 Å². The lowest BCUT2D eigenvalue weighted by Crippen LogP contribution is -2.38. The predicted molar refractivity (Wildman–Crippen MR) is 103 cm³/mol. The lowest BCUT2D eigenvalue weighted by molar-refractivity contribution is 0.783. The molecule has 0 amide bonds. The van der Waals surface area contributed by atoms with E-state index in [0.29, 0.717) is 6.54 Å². The molecular weight excluding hydrogens is 411 g/mol. The van der Waals surface area contributed by atoms with Crippen molar-refractivity contribution in [1.82, 2.24) is 15.6 Å². The van der Waals surface area contributed by atoms with Gasteiger partial charge in [0.2, 0.25) is 0 Å². The summed E-state index contributed by atoms with van der Waals surface area (Å²) >= 11 is 6.13. The highest BCUT2D eigenvalue weighted by molar-refractivity contribution is 14.0. The molecule has 0 saturated heterocycles. The zero-order valence-electron chi connectivity index (χ0n) is 12.4. The maximum atomic E-state index is 6.13. The lowest BCUT2D eigenvalue weighted by Gasteiger charge is -2.12. The molecule has 0 aliphatic carbocycles. The van der Waals surface area contributed by atoms with Crippen LogP contribution in [0.2, 0.25) is 5.02 Å². The summed E-state index contributed by atoms with van der Waals surface area (Å²) in [5, 5.41) is 7.30. The van der Waals surface area contributed by atoms with Crippen molar-refractivity contribution in [3.63, 3.8) is 0 Å². The minimum atomic E-state index is 0. The Morgan fingerprint density at radius 3 is 2.59 bits per heavy atom. The molecular formula is C16H20ClIN4. The van der Waals surface area contributed by atoms with Gasteiger partial charge in [0.05, 0.1) is 12.2 Å². The van der Waals surface area contributed by atoms with Crippen LogP contribution in [0.5, 0.6) is 0 Å². The Balaban J connectivity index is 0.00000242. The summed E-state index contributed by atoms with van der Waals surface area (Å²) in [4.78, 5) is 8.45. The van der Waals surface area contributed by atoms with Crippen LogP contribution in [0.4, 0.5) is 0 Å². The summed E-state index contributed by atoms with van der Waals surface area (Å²) in [6, 6.07) is 13.7. The molecule has 1 aromatic heterocycles. The number of guanidine groups is 1. The van der Waals surface area contributed by atoms with Crippen LogP contribution in [0.3, 0.4) is 0 Å². The third kappa shape index (κ3) is 6.19. The largest absolute Gasteiger partial charge is 0.356 e. The summed E-state index contributed by atoms with van der Waals surface area (Å²) in [6.07, 6.45) is 2.63. The Hall–Kier alpha value is -1.34. The second-order valence-electron chi connectivity index (χ2n) is 4.52. The average Bonchev–Trinajstić information content (AvgIpc) is 2.53. The van der Waals surface area contributed by atoms with Crippen molar-refractivity contribution in [2.24, 2.45) is 4.99 Å². The van der Waals surface area contributed by atoms with Crippen LogP contribution in [-0.2, 0) is 13.0 Å². The summed E-state index contributed by atoms with van der Waals surface area (Å²) in [6.45, 7) is 1.41. The molecule has 0 saturated carbocycles. The van der Waals surface area contributed by atoms with E-state index in [1.54, 1.807) is 13.2 Å². The molecule has 2 N–H and O–H groups in total. The molecule has 0 atom stereocenters. The van der Waals surface area contributed by atoms with Gasteiger partial charge >= 0.3 is 0 Å². The number of nitrogens with zero attached hydrogens (tertiary/aromatic N) is 2. The average molecular weight is 431 g/mol. The molecule has 2 aromatic rings. The zero-order chi connectivity index (χ0) is 14.9. The molecule has 6 heteroatoms. The first kappa shape index (κ1) is 18.7. The second-order valence-corrected chi connectivity index (χ2v) is 4.92. The number of pyridine rings is 1. The maximum Gasteiger partial charge on any atom is 0.191 e. The van der Waals surface area contributed by atoms with Gasteiger partial charge in [-0.1, -0.05) is 35.9 Å². The lowest BCUT2D eigenvalue weighted by atomic mass is 10.1. The van der Waals surface area contributed by atoms with Gasteiger partial charge in [0.1, 0.15) is 0 Å². The highest BCUT2D eigenvalue weighted by Gasteiger charge is 2.01. The van der Waals surface area contributed by atoms with Crippen LogP contribution in [0.1, 0.15) is 11.3 Å². The van der Waals surface area contributed by atoms with E-state index in [4.69, 9.17) is 11.6 Å². The number of nitrogens with one attached hydrogen (secondary N) is 2. The van der Waals surface area contributed by atoms with Gasteiger partial charge in [-0.05, 0) is 30.2 Å². The van der Waals surface area contributed by atoms with Crippen molar-refractivity contribution in [3.05, 3.63) is 64.9 Å². The van der Waals surface area contributed by atoms with Crippen molar-refractivity contribution in [2.75, 3.05) is 13.6 Å². The summed E-state index contributed by atoms with van der Waals surface area (Å²) in [5.41, 5.74) is 2.11. The highest BCUT2D eigenvalue weighted by Crippen LogP contribution is 2.14. The summed E-state index contributed by atoms with van der Waals surface area (Å²) in [5.74, 6) is 0.757. The van der Waals surface area contributed by atoms with Gasteiger partial charge in [-0.2, -0.15) is 0 Å². The summed E-state index contributed by atoms with van der Waals surface area (Å²) < 4.78 is 0. The second kappa shape index (κ2) is 10.4. The van der Waals surface area contributed by atoms with Gasteiger partial charge in [0.25, 0.3) is 0 Å². The fourth-order valence-corrected chi connectivity index (χ4v) is 2.14. The molecule has 118 valence electrons. The van der Waals surface area contributed by atoms with E-state index in [2.05, 4.69) is 20.6 Å². The van der Waals surface area contributed by atoms with Crippen LogP contribution in [-0.4, -0.2) is 24.5 Å². The third-order valence-electron chi connectivity index (χ3n) is 3.03. The van der Waals surface area contributed by atoms with Gasteiger partial charge in [0.15, 0.2) is 5.96 Å². The van der Waals surface area contributed by atoms with Crippen molar-refractivity contribution < 1.29 is 0 Å². The van der Waals surface area contributed by atoms with E-state index in [1.165, 1.54) is 0 Å². The predicted octanol–water partition coefficient (Wildman–Crippen LogP) is 3.26. The molecule has 0 aliphatic heterocycles. The van der Waals surface area contributed by atoms with Crippen LogP contribution >= 0.6 is 35.6 Å². The topological polar surface area (TPSA) is 49.3 Å². The first-order chi connectivity index (χ1) is 10.3. The van der Waals surface area contributed by atoms with Crippen LogP contribution in [0.25, 0.3) is 0 Å². The van der Waals surface area contributed by atoms with E-state index >= 15 is 0 Å². The molecule has 22 heavy (non-hydrogen) atoms. The fraction of sp³-hybridized carbons (Fsp3) is 0.250. The van der Waals surface area contributed by atoms with Crippen molar-refractivity contribution in [2.45, 2.75) is 13.0 Å². The smallest absolute Gasteiger partial charge is 0.191 e. The minimum Gasteiger partial charge on any atom is -0.356 e. The van der Waals surface area contributed by atoms with Crippen LogP contribution in [0.15, 0.2) is 53.7 Å². The van der Waals surface area contributed by atoms with E-state index in [-0.39, 0.29) is 24.0 Å². The van der Waals surface area contributed by atoms with Gasteiger partial charge in [0, 0.05) is 24.8 Å². The third-order valence-corrected chi connectivity index (χ3v) is 3.40. The quantitative estimate of drug-likeness (QED) is 0.435. The van der Waals surface area contributed by atoms with E-state index in [1.807, 2.05) is 42.5 Å². The van der Waals surface area contributed by atoms with Gasteiger partial charge in [-0.3, -0.25) is 9.98 Å². The van der Waals surface area contributed by atoms with Gasteiger partial charge < -0.3 is 10.6 Å². The summed E-state index contributed by atoms with van der Waals surface area (Å²) in [7, 11) is 1.75. The number of rotatable bonds is 5. The molecule has 1 heterocycles. The molecule has 0 spiro atoms. The van der Waals surface area contributed by atoms with Crippen molar-refractivity contribution >= 4 is 41.5 Å². The highest BCUT2D eigenvalue weighted by atomic mass is 127. The molecule has 0 radical (unpaired) electrons. The SMILES string of the molecule is CN=C(NCCc1ccccc1Cl)NCc1ccccn1.I.